The van der Waals surface area contributed by atoms with Crippen molar-refractivity contribution in [2.45, 2.75) is 5.60 Å². The number of nitrogens with zero attached hydrogens (tertiary/aromatic N) is 1. The summed E-state index contributed by atoms with van der Waals surface area (Å²) in [6.45, 7) is 0.118. The van der Waals surface area contributed by atoms with E-state index < -0.39 is 5.60 Å². The van der Waals surface area contributed by atoms with Crippen LogP contribution in [0.5, 0.6) is 0 Å². The normalized spacial score (nSPS) is 25.1. The molecule has 1 saturated heterocycles. The molecule has 1 aliphatic rings. The fraction of sp³-hybridized carbons (Fsp3) is 0.750. The Kier molecular flexibility index (Phi) is 0.775. The molecule has 0 spiro atoms. The lowest BCUT2D eigenvalue weighted by molar-refractivity contribution is -0.175. The molecule has 3 nitrogen and oxygen atoms in total. The SMILES string of the molecule is N#CC1([O])COC1. The average molecular weight is 98.1 g/mol. The zero-order valence-electron chi connectivity index (χ0n) is 3.68. The van der Waals surface area contributed by atoms with Crippen molar-refractivity contribution < 1.29 is 9.84 Å². The van der Waals surface area contributed by atoms with Crippen LogP contribution in [0.15, 0.2) is 0 Å². The zero-order chi connectivity index (χ0) is 5.33. The number of ether oxygens (including phenoxy) is 1. The summed E-state index contributed by atoms with van der Waals surface area (Å²) >= 11 is 0. The van der Waals surface area contributed by atoms with Crippen LogP contribution in [-0.4, -0.2) is 18.8 Å². The molecule has 0 atom stereocenters. The van der Waals surface area contributed by atoms with Crippen LogP contribution in [0, 0.1) is 11.3 Å². The number of hydrogen-bond acceptors (Lipinski definition) is 2. The molecule has 1 rings (SSSR count). The highest BCUT2D eigenvalue weighted by Crippen LogP contribution is 2.14. The van der Waals surface area contributed by atoms with E-state index in [1.807, 2.05) is 0 Å². The summed E-state index contributed by atoms with van der Waals surface area (Å²) in [7, 11) is 0. The van der Waals surface area contributed by atoms with Crippen molar-refractivity contribution in [1.29, 1.82) is 5.26 Å². The highest BCUT2D eigenvalue weighted by Gasteiger charge is 2.38. The molecule has 0 amide bonds. The van der Waals surface area contributed by atoms with E-state index in [0.717, 1.165) is 0 Å². The molecular weight excluding hydrogens is 94.0 g/mol. The monoisotopic (exact) mass is 98.0 g/mol. The van der Waals surface area contributed by atoms with Crippen LogP contribution in [0.2, 0.25) is 0 Å². The summed E-state index contributed by atoms with van der Waals surface area (Å²) in [5, 5.41) is 18.4. The predicted octanol–water partition coefficient (Wildman–Crippen LogP) is -0.291. The molecular formula is C4H4NO2. The van der Waals surface area contributed by atoms with E-state index in [9.17, 15) is 5.11 Å². The summed E-state index contributed by atoms with van der Waals surface area (Å²) < 4.78 is 4.49. The van der Waals surface area contributed by atoms with Gasteiger partial charge in [-0.2, -0.15) is 5.26 Å². The second-order valence-corrected chi connectivity index (χ2v) is 1.60. The summed E-state index contributed by atoms with van der Waals surface area (Å²) in [6.07, 6.45) is 0. The van der Waals surface area contributed by atoms with Gasteiger partial charge in [0.15, 0.2) is 0 Å². The molecule has 3 heteroatoms. The highest BCUT2D eigenvalue weighted by atomic mass is 16.5. The van der Waals surface area contributed by atoms with Gasteiger partial charge in [-0.1, -0.05) is 0 Å². The lowest BCUT2D eigenvalue weighted by atomic mass is 10.1. The molecule has 1 heterocycles. The van der Waals surface area contributed by atoms with E-state index in [1.165, 1.54) is 0 Å². The van der Waals surface area contributed by atoms with Crippen LogP contribution in [0.4, 0.5) is 0 Å². The Morgan fingerprint density at radius 1 is 1.71 bits per heavy atom. The number of rotatable bonds is 0. The van der Waals surface area contributed by atoms with E-state index in [-0.39, 0.29) is 13.2 Å². The quantitative estimate of drug-likeness (QED) is 0.418. The summed E-state index contributed by atoms with van der Waals surface area (Å²) in [5.41, 5.74) is -1.40. The Hall–Kier alpha value is -0.590. The third-order valence-corrected chi connectivity index (χ3v) is 0.874. The first kappa shape index (κ1) is 4.57. The van der Waals surface area contributed by atoms with E-state index in [1.54, 1.807) is 6.07 Å². The minimum atomic E-state index is -1.40. The maximum absolute atomic E-state index is 10.4. The first-order valence-corrected chi connectivity index (χ1v) is 1.96. The summed E-state index contributed by atoms with van der Waals surface area (Å²) in [5.74, 6) is 0. The molecule has 7 heavy (non-hydrogen) atoms. The van der Waals surface area contributed by atoms with Crippen molar-refractivity contribution >= 4 is 0 Å². The first-order chi connectivity index (χ1) is 3.27. The minimum Gasteiger partial charge on any atom is -0.373 e. The molecule has 0 unspecified atom stereocenters. The Morgan fingerprint density at radius 3 is 2.29 bits per heavy atom. The van der Waals surface area contributed by atoms with Crippen molar-refractivity contribution in [3.05, 3.63) is 0 Å². The molecule has 0 aromatic carbocycles. The Bertz CT molecular complexity index is 111. The standard InChI is InChI=1S/C4H4NO2/c5-1-4(6)2-7-3-4/h2-3H2. The van der Waals surface area contributed by atoms with E-state index in [4.69, 9.17) is 5.26 Å². The summed E-state index contributed by atoms with van der Waals surface area (Å²) in [4.78, 5) is 0. The van der Waals surface area contributed by atoms with Crippen LogP contribution < -0.4 is 0 Å². The first-order valence-electron chi connectivity index (χ1n) is 1.96. The van der Waals surface area contributed by atoms with Crippen LogP contribution >= 0.6 is 0 Å². The van der Waals surface area contributed by atoms with Crippen LogP contribution in [0.25, 0.3) is 0 Å². The third-order valence-electron chi connectivity index (χ3n) is 0.874. The highest BCUT2D eigenvalue weighted by molar-refractivity contribution is 5.04. The molecule has 0 saturated carbocycles. The van der Waals surface area contributed by atoms with Gasteiger partial charge in [-0.05, 0) is 0 Å². The number of nitriles is 1. The van der Waals surface area contributed by atoms with Gasteiger partial charge in [-0.25, -0.2) is 5.11 Å². The molecule has 1 aliphatic heterocycles. The Balaban J connectivity index is 2.48. The van der Waals surface area contributed by atoms with Crippen molar-refractivity contribution in [3.63, 3.8) is 0 Å². The van der Waals surface area contributed by atoms with E-state index >= 15 is 0 Å². The van der Waals surface area contributed by atoms with Crippen molar-refractivity contribution in [2.24, 2.45) is 0 Å². The third kappa shape index (κ3) is 0.581. The van der Waals surface area contributed by atoms with Crippen LogP contribution in [0.1, 0.15) is 0 Å². The van der Waals surface area contributed by atoms with Gasteiger partial charge < -0.3 is 4.74 Å². The lowest BCUT2D eigenvalue weighted by Crippen LogP contribution is -2.46. The van der Waals surface area contributed by atoms with E-state index in [2.05, 4.69) is 4.74 Å². The number of hydrogen-bond donors (Lipinski definition) is 0. The smallest absolute Gasteiger partial charge is 0.235 e. The molecule has 0 N–H and O–H groups in total. The lowest BCUT2D eigenvalue weighted by Gasteiger charge is -2.26. The van der Waals surface area contributed by atoms with Gasteiger partial charge in [0.1, 0.15) is 6.07 Å². The molecule has 1 radical (unpaired) electrons. The van der Waals surface area contributed by atoms with Crippen molar-refractivity contribution in [1.82, 2.24) is 0 Å². The summed E-state index contributed by atoms with van der Waals surface area (Å²) in [6, 6.07) is 1.60. The fourth-order valence-corrected chi connectivity index (χ4v) is 0.352. The molecule has 0 aliphatic carbocycles. The zero-order valence-corrected chi connectivity index (χ0v) is 3.68. The predicted molar refractivity (Wildman–Crippen MR) is 19.8 cm³/mol. The van der Waals surface area contributed by atoms with Crippen LogP contribution in [-0.2, 0) is 9.84 Å². The minimum absolute atomic E-state index is 0.0590. The largest absolute Gasteiger partial charge is 0.373 e. The second-order valence-electron chi connectivity index (χ2n) is 1.60. The van der Waals surface area contributed by atoms with Gasteiger partial charge in [0, 0.05) is 0 Å². The van der Waals surface area contributed by atoms with E-state index in [0.29, 0.717) is 0 Å². The average Bonchev–Trinajstić information content (AvgIpc) is 1.61. The maximum atomic E-state index is 10.4. The van der Waals surface area contributed by atoms with Gasteiger partial charge in [0.05, 0.1) is 13.2 Å². The fourth-order valence-electron chi connectivity index (χ4n) is 0.352. The molecule has 0 aromatic heterocycles. The molecule has 37 valence electrons. The van der Waals surface area contributed by atoms with Gasteiger partial charge in [-0.15, -0.1) is 0 Å². The Labute approximate surface area is 41.1 Å². The van der Waals surface area contributed by atoms with Crippen molar-refractivity contribution in [3.8, 4) is 6.07 Å². The van der Waals surface area contributed by atoms with Crippen LogP contribution in [0.3, 0.4) is 0 Å². The molecule has 0 aromatic rings. The van der Waals surface area contributed by atoms with Gasteiger partial charge >= 0.3 is 0 Å². The second kappa shape index (κ2) is 1.19. The van der Waals surface area contributed by atoms with Gasteiger partial charge in [0.2, 0.25) is 5.60 Å². The van der Waals surface area contributed by atoms with Gasteiger partial charge in [0.25, 0.3) is 0 Å². The molecule has 1 fully saturated rings. The topological polar surface area (TPSA) is 52.9 Å². The Morgan fingerprint density at radius 2 is 2.29 bits per heavy atom. The molecule has 0 bridgehead atoms. The van der Waals surface area contributed by atoms with Gasteiger partial charge in [-0.3, -0.25) is 0 Å². The van der Waals surface area contributed by atoms with Crippen molar-refractivity contribution in [2.75, 3.05) is 13.2 Å². The maximum Gasteiger partial charge on any atom is 0.235 e.